The summed E-state index contributed by atoms with van der Waals surface area (Å²) >= 11 is 7.88. The second kappa shape index (κ2) is 10.0. The van der Waals surface area contributed by atoms with Gasteiger partial charge in [-0.15, -0.1) is 0 Å². The van der Waals surface area contributed by atoms with Crippen molar-refractivity contribution in [2.24, 2.45) is 0 Å². The topological polar surface area (TPSA) is 70.2 Å². The van der Waals surface area contributed by atoms with Gasteiger partial charge in [-0.25, -0.2) is 4.79 Å². The van der Waals surface area contributed by atoms with Crippen LogP contribution in [-0.4, -0.2) is 20.9 Å². The Morgan fingerprint density at radius 1 is 0.944 bits per heavy atom. The molecule has 0 aliphatic carbocycles. The van der Waals surface area contributed by atoms with E-state index in [1.165, 1.54) is 11.8 Å². The first-order valence-electron chi connectivity index (χ1n) is 11.3. The molecule has 0 saturated heterocycles. The van der Waals surface area contributed by atoms with E-state index in [1.807, 2.05) is 80.6 Å². The average Bonchev–Trinajstić information content (AvgIpc) is 3.41. The lowest BCUT2D eigenvalue weighted by atomic mass is 10.1. The molecule has 0 aliphatic rings. The second-order valence-electron chi connectivity index (χ2n) is 8.21. The Hall–Kier alpha value is -3.81. The lowest BCUT2D eigenvalue weighted by Gasteiger charge is -2.11. The molecule has 0 atom stereocenters. The molecule has 0 saturated carbocycles. The van der Waals surface area contributed by atoms with Gasteiger partial charge in [0.15, 0.2) is 0 Å². The lowest BCUT2D eigenvalue weighted by molar-refractivity contribution is 0.0717. The van der Waals surface area contributed by atoms with Gasteiger partial charge in [0.1, 0.15) is 17.0 Å². The Bertz CT molecular complexity index is 1540. The minimum atomic E-state index is -0.605. The molecule has 0 amide bonds. The van der Waals surface area contributed by atoms with Crippen LogP contribution >= 0.6 is 23.4 Å². The molecule has 2 heterocycles. The average molecular weight is 516 g/mol. The summed E-state index contributed by atoms with van der Waals surface area (Å²) in [5.74, 6) is 0.0525. The summed E-state index contributed by atoms with van der Waals surface area (Å²) in [7, 11) is 0. The number of halogens is 1. The van der Waals surface area contributed by atoms with Crippen LogP contribution in [0.25, 0.3) is 16.9 Å². The first-order valence-corrected chi connectivity index (χ1v) is 12.4. The van der Waals surface area contributed by atoms with E-state index in [1.54, 1.807) is 23.7 Å². The zero-order chi connectivity index (χ0) is 25.2. The lowest BCUT2D eigenvalue weighted by Crippen LogP contribution is -2.14. The Kier molecular flexibility index (Phi) is 6.67. The van der Waals surface area contributed by atoms with Crippen molar-refractivity contribution in [1.82, 2.24) is 14.9 Å². The smallest absolute Gasteiger partial charge is 0.350 e. The molecular weight excluding hydrogens is 494 g/mol. The summed E-state index contributed by atoms with van der Waals surface area (Å²) in [4.78, 5) is 15.4. The Morgan fingerprint density at radius 2 is 1.64 bits per heavy atom. The molecule has 0 fully saturated rings. The van der Waals surface area contributed by atoms with Gasteiger partial charge in [0.25, 0.3) is 0 Å². The number of benzene rings is 3. The highest BCUT2D eigenvalue weighted by Crippen LogP contribution is 2.40. The summed E-state index contributed by atoms with van der Waals surface area (Å²) in [6.07, 6.45) is 0. The molecule has 0 spiro atoms. The summed E-state index contributed by atoms with van der Waals surface area (Å²) < 4.78 is 13.1. The number of carbonyl (C=O) groups excluding carboxylic acids is 1. The minimum absolute atomic E-state index is 0.216. The number of nitrogens with zero attached hydrogens (tertiary/aromatic N) is 3. The van der Waals surface area contributed by atoms with Gasteiger partial charge >= 0.3 is 5.97 Å². The van der Waals surface area contributed by atoms with Crippen LogP contribution in [0.15, 0.2) is 93.2 Å². The van der Waals surface area contributed by atoms with Gasteiger partial charge in [0.2, 0.25) is 5.88 Å². The van der Waals surface area contributed by atoms with Crippen LogP contribution in [0, 0.1) is 20.8 Å². The number of hydrogen-bond donors (Lipinski definition) is 0. The van der Waals surface area contributed by atoms with E-state index in [4.69, 9.17) is 26.0 Å². The van der Waals surface area contributed by atoms with Gasteiger partial charge in [-0.3, -0.25) is 0 Å². The maximum absolute atomic E-state index is 13.6. The van der Waals surface area contributed by atoms with E-state index in [9.17, 15) is 4.79 Å². The van der Waals surface area contributed by atoms with E-state index < -0.39 is 5.97 Å². The molecule has 3 aromatic carbocycles. The maximum atomic E-state index is 13.6. The van der Waals surface area contributed by atoms with Crippen molar-refractivity contribution in [1.29, 1.82) is 0 Å². The number of para-hydroxylation sites is 1. The van der Waals surface area contributed by atoms with Crippen LogP contribution in [0.3, 0.4) is 0 Å². The fourth-order valence-electron chi connectivity index (χ4n) is 3.76. The SMILES string of the molecule is Cc1ccc(Sc2c(C)nn(-c3ccccc3)c2OC(=O)c2c(-c3ccccc3Cl)noc2C)cc1. The quantitative estimate of drug-likeness (QED) is 0.218. The van der Waals surface area contributed by atoms with E-state index >= 15 is 0 Å². The number of hydrogen-bond acceptors (Lipinski definition) is 6. The van der Waals surface area contributed by atoms with E-state index in [0.717, 1.165) is 26.7 Å². The van der Waals surface area contributed by atoms with Crippen LogP contribution in [0.1, 0.15) is 27.4 Å². The Balaban J connectivity index is 1.59. The molecule has 8 heteroatoms. The fraction of sp³-hybridized carbons (Fsp3) is 0.107. The molecule has 0 N–H and O–H groups in total. The monoisotopic (exact) mass is 515 g/mol. The van der Waals surface area contributed by atoms with Crippen LogP contribution in [-0.2, 0) is 0 Å². The van der Waals surface area contributed by atoms with Crippen molar-refractivity contribution in [3.05, 3.63) is 106 Å². The van der Waals surface area contributed by atoms with Gasteiger partial charge in [0, 0.05) is 10.5 Å². The van der Waals surface area contributed by atoms with Crippen LogP contribution in [0.4, 0.5) is 0 Å². The molecule has 0 aliphatic heterocycles. The first kappa shape index (κ1) is 23.9. The zero-order valence-electron chi connectivity index (χ0n) is 19.9. The van der Waals surface area contributed by atoms with E-state index in [2.05, 4.69) is 5.16 Å². The van der Waals surface area contributed by atoms with Gasteiger partial charge in [-0.2, -0.15) is 9.78 Å². The fourth-order valence-corrected chi connectivity index (χ4v) is 4.89. The highest BCUT2D eigenvalue weighted by atomic mass is 35.5. The van der Waals surface area contributed by atoms with Gasteiger partial charge in [-0.1, -0.05) is 82.6 Å². The number of carbonyl (C=O) groups is 1. The predicted octanol–water partition coefficient (Wildman–Crippen LogP) is 7.48. The largest absolute Gasteiger partial charge is 0.402 e. The third kappa shape index (κ3) is 4.67. The zero-order valence-corrected chi connectivity index (χ0v) is 21.4. The standard InChI is InChI=1S/C28H22ClN3O3S/c1-17-13-15-21(16-14-17)36-26-18(2)30-32(20-9-5-4-6-10-20)27(26)34-28(33)24-19(3)35-31-25(24)22-11-7-8-12-23(22)29/h4-16H,1-3H3. The summed E-state index contributed by atoms with van der Waals surface area (Å²) in [5, 5.41) is 9.27. The molecule has 2 aromatic heterocycles. The molecule has 0 unspecified atom stereocenters. The van der Waals surface area contributed by atoms with Gasteiger partial charge in [0.05, 0.1) is 21.3 Å². The number of ether oxygens (including phenoxy) is 1. The molecule has 0 radical (unpaired) electrons. The second-order valence-corrected chi connectivity index (χ2v) is 9.70. The van der Waals surface area contributed by atoms with Crippen molar-refractivity contribution in [2.75, 3.05) is 0 Å². The number of aromatic nitrogens is 3. The third-order valence-electron chi connectivity index (χ3n) is 5.59. The highest BCUT2D eigenvalue weighted by Gasteiger charge is 2.28. The van der Waals surface area contributed by atoms with Gasteiger partial charge < -0.3 is 9.26 Å². The highest BCUT2D eigenvalue weighted by molar-refractivity contribution is 7.99. The maximum Gasteiger partial charge on any atom is 0.350 e. The van der Waals surface area contributed by atoms with Gasteiger partial charge in [-0.05, 0) is 51.1 Å². The van der Waals surface area contributed by atoms with Crippen LogP contribution in [0.5, 0.6) is 5.88 Å². The van der Waals surface area contributed by atoms with Crippen molar-refractivity contribution in [3.8, 4) is 22.8 Å². The molecular formula is C28H22ClN3O3S. The molecule has 0 bridgehead atoms. The van der Waals surface area contributed by atoms with Crippen molar-refractivity contribution in [2.45, 2.75) is 30.6 Å². The van der Waals surface area contributed by atoms with Crippen molar-refractivity contribution >= 4 is 29.3 Å². The predicted molar refractivity (Wildman–Crippen MR) is 140 cm³/mol. The number of aryl methyl sites for hydroxylation is 3. The summed E-state index contributed by atoms with van der Waals surface area (Å²) in [6, 6.07) is 24.9. The normalized spacial score (nSPS) is 11.0. The number of rotatable bonds is 6. The summed E-state index contributed by atoms with van der Waals surface area (Å²) in [5.41, 5.74) is 3.81. The molecule has 180 valence electrons. The van der Waals surface area contributed by atoms with Crippen molar-refractivity contribution < 1.29 is 14.1 Å². The van der Waals surface area contributed by atoms with Crippen LogP contribution in [0.2, 0.25) is 5.02 Å². The molecule has 6 nitrogen and oxygen atoms in total. The molecule has 36 heavy (non-hydrogen) atoms. The Morgan fingerprint density at radius 3 is 2.36 bits per heavy atom. The summed E-state index contributed by atoms with van der Waals surface area (Å²) in [6.45, 7) is 5.61. The molecule has 5 rings (SSSR count). The molecule has 5 aromatic rings. The van der Waals surface area contributed by atoms with E-state index in [-0.39, 0.29) is 5.56 Å². The third-order valence-corrected chi connectivity index (χ3v) is 7.10. The number of esters is 1. The van der Waals surface area contributed by atoms with E-state index in [0.29, 0.717) is 27.9 Å². The Labute approximate surface area is 217 Å². The van der Waals surface area contributed by atoms with Crippen molar-refractivity contribution in [3.63, 3.8) is 0 Å². The minimum Gasteiger partial charge on any atom is -0.402 e. The van der Waals surface area contributed by atoms with Crippen LogP contribution < -0.4 is 4.74 Å². The first-order chi connectivity index (χ1) is 17.4.